The van der Waals surface area contributed by atoms with Crippen molar-refractivity contribution in [2.45, 2.75) is 56.5 Å². The molecule has 0 radical (unpaired) electrons. The van der Waals surface area contributed by atoms with E-state index in [0.717, 1.165) is 47.2 Å². The number of halogens is 2. The molecule has 0 aliphatic carbocycles. The van der Waals surface area contributed by atoms with Gasteiger partial charge in [-0.05, 0) is 36.1 Å². The van der Waals surface area contributed by atoms with Gasteiger partial charge in [-0.1, -0.05) is 38.7 Å². The van der Waals surface area contributed by atoms with Crippen LogP contribution in [0.25, 0.3) is 11.1 Å². The molecule has 2 aromatic rings. The van der Waals surface area contributed by atoms with E-state index < -0.39 is 11.6 Å². The third-order valence-electron chi connectivity index (χ3n) is 5.18. The predicted octanol–water partition coefficient (Wildman–Crippen LogP) is 5.26. The van der Waals surface area contributed by atoms with Gasteiger partial charge in [0, 0.05) is 24.5 Å². The highest BCUT2D eigenvalue weighted by Gasteiger charge is 2.28. The summed E-state index contributed by atoms with van der Waals surface area (Å²) in [6, 6.07) is 5.63. The molecule has 0 N–H and O–H groups in total. The van der Waals surface area contributed by atoms with Crippen molar-refractivity contribution >= 4 is 24.3 Å². The Labute approximate surface area is 185 Å². The van der Waals surface area contributed by atoms with Crippen LogP contribution in [0.5, 0.6) is 0 Å². The number of unbranched alkanes of at least 4 members (excludes halogenated alkanes) is 4. The molecular weight excluding hydrogens is 428 g/mol. The molecule has 3 rings (SSSR count). The summed E-state index contributed by atoms with van der Waals surface area (Å²) in [6.07, 6.45) is 6.39. The van der Waals surface area contributed by atoms with Crippen molar-refractivity contribution in [1.82, 2.24) is 4.57 Å². The van der Waals surface area contributed by atoms with Gasteiger partial charge in [0.1, 0.15) is 0 Å². The molecule has 0 fully saturated rings. The molecule has 0 amide bonds. The van der Waals surface area contributed by atoms with Gasteiger partial charge in [0.05, 0.1) is 17.7 Å². The van der Waals surface area contributed by atoms with E-state index in [1.165, 1.54) is 25.3 Å². The number of hydrogen-bond acceptors (Lipinski definition) is 5. The van der Waals surface area contributed by atoms with Crippen LogP contribution >= 0.6 is 11.8 Å². The average Bonchev–Trinajstić information content (AvgIpc) is 3.16. The van der Waals surface area contributed by atoms with Crippen molar-refractivity contribution in [3.63, 3.8) is 0 Å². The molecule has 0 saturated carbocycles. The lowest BCUT2D eigenvalue weighted by molar-refractivity contribution is 0.161. The second-order valence-electron chi connectivity index (χ2n) is 7.27. The van der Waals surface area contributed by atoms with Crippen LogP contribution in [-0.4, -0.2) is 28.2 Å². The lowest BCUT2D eigenvalue weighted by Crippen LogP contribution is -2.26. The van der Waals surface area contributed by atoms with Crippen LogP contribution < -0.4 is 5.56 Å². The Bertz CT molecular complexity index is 905. The van der Waals surface area contributed by atoms with E-state index >= 15 is 0 Å². The number of aryl methyl sites for hydroxylation is 1. The molecule has 8 heteroatoms. The zero-order valence-corrected chi connectivity index (χ0v) is 18.9. The van der Waals surface area contributed by atoms with Gasteiger partial charge in [0.15, 0.2) is 24.2 Å². The summed E-state index contributed by atoms with van der Waals surface area (Å²) in [4.78, 5) is 12.8. The highest BCUT2D eigenvalue weighted by molar-refractivity contribution is 7.99. The number of aromatic nitrogens is 1. The first-order chi connectivity index (χ1) is 14.6. The van der Waals surface area contributed by atoms with Crippen LogP contribution in [0.4, 0.5) is 8.78 Å². The summed E-state index contributed by atoms with van der Waals surface area (Å²) in [6.45, 7) is 2.63. The molecule has 1 aliphatic rings. The maximum atomic E-state index is 13.9. The van der Waals surface area contributed by atoms with Gasteiger partial charge in [-0.25, -0.2) is 8.78 Å². The van der Waals surface area contributed by atoms with E-state index in [4.69, 9.17) is 8.95 Å². The number of hydrogen-bond donors (Lipinski definition) is 0. The van der Waals surface area contributed by atoms with Gasteiger partial charge >= 0.3 is 0 Å². The number of benzene rings is 1. The molecular formula is C22H27F2NO3S2. The van der Waals surface area contributed by atoms with Crippen molar-refractivity contribution < 1.29 is 17.7 Å². The maximum absolute atomic E-state index is 13.9. The van der Waals surface area contributed by atoms with Crippen molar-refractivity contribution in [3.05, 3.63) is 51.8 Å². The van der Waals surface area contributed by atoms with Crippen LogP contribution in [0.15, 0.2) is 34.1 Å². The standard InChI is InChI=1S/C22H27F2NO2S.OS/c1-3-4-5-6-7-8-15-12-20(26)25-17(13-27-2)14-28-22(25)21(15)16-9-10-18(23)19(24)11-16;1-2/h9-12,17H,3-8,13-14H2,1-2H3;/t17-;/m1./s1. The molecule has 1 aromatic carbocycles. The van der Waals surface area contributed by atoms with Crippen LogP contribution in [0, 0.1) is 11.6 Å². The van der Waals surface area contributed by atoms with Gasteiger partial charge in [-0.3, -0.25) is 9.36 Å². The number of pyridine rings is 1. The quantitative estimate of drug-likeness (QED) is 0.483. The molecule has 1 aromatic heterocycles. The number of methoxy groups -OCH3 is 1. The predicted molar refractivity (Wildman–Crippen MR) is 118 cm³/mol. The van der Waals surface area contributed by atoms with Crippen LogP contribution in [0.3, 0.4) is 0 Å². The highest BCUT2D eigenvalue weighted by Crippen LogP contribution is 2.41. The van der Waals surface area contributed by atoms with Crippen LogP contribution in [0.2, 0.25) is 0 Å². The Morgan fingerprint density at radius 3 is 2.53 bits per heavy atom. The first-order valence-corrected chi connectivity index (χ1v) is 11.4. The van der Waals surface area contributed by atoms with Crippen molar-refractivity contribution in [1.29, 1.82) is 0 Å². The summed E-state index contributed by atoms with van der Waals surface area (Å²) >= 11 is 4.42. The van der Waals surface area contributed by atoms with E-state index in [1.54, 1.807) is 35.6 Å². The zero-order valence-electron chi connectivity index (χ0n) is 17.3. The van der Waals surface area contributed by atoms with Crippen molar-refractivity contribution in [2.75, 3.05) is 19.5 Å². The van der Waals surface area contributed by atoms with Gasteiger partial charge in [-0.2, -0.15) is 4.21 Å². The normalized spacial score (nSPS) is 14.9. The summed E-state index contributed by atoms with van der Waals surface area (Å²) in [7, 11) is 1.62. The molecule has 1 atom stereocenters. The zero-order chi connectivity index (χ0) is 22.1. The van der Waals surface area contributed by atoms with E-state index in [1.807, 2.05) is 0 Å². The Morgan fingerprint density at radius 2 is 1.87 bits per heavy atom. The largest absolute Gasteiger partial charge is 0.383 e. The van der Waals surface area contributed by atoms with E-state index in [9.17, 15) is 13.6 Å². The monoisotopic (exact) mass is 455 g/mol. The van der Waals surface area contributed by atoms with Gasteiger partial charge in [-0.15, -0.1) is 11.8 Å². The fourth-order valence-electron chi connectivity index (χ4n) is 3.78. The molecule has 0 bridgehead atoms. The molecule has 164 valence electrons. The number of thioether (sulfide) groups is 1. The Morgan fingerprint density at radius 1 is 1.13 bits per heavy atom. The SMILES string of the molecule is CCCCCCCc1cc(=O)n2c(c1-c1ccc(F)c(F)c1)SC[C@H]2COC.O=S. The fourth-order valence-corrected chi connectivity index (χ4v) is 5.14. The molecule has 2 heterocycles. The second kappa shape index (κ2) is 12.3. The van der Waals surface area contributed by atoms with E-state index in [2.05, 4.69) is 19.5 Å². The Balaban J connectivity index is 0.00000155. The lowest BCUT2D eigenvalue weighted by atomic mass is 9.96. The molecule has 0 unspecified atom stereocenters. The number of rotatable bonds is 9. The topological polar surface area (TPSA) is 48.3 Å². The van der Waals surface area contributed by atoms with E-state index in [-0.39, 0.29) is 11.6 Å². The average molecular weight is 456 g/mol. The first kappa shape index (κ1) is 24.6. The minimum Gasteiger partial charge on any atom is -0.383 e. The van der Waals surface area contributed by atoms with Crippen molar-refractivity contribution in [2.24, 2.45) is 0 Å². The lowest BCUT2D eigenvalue weighted by Gasteiger charge is -2.18. The number of nitrogens with zero attached hydrogens (tertiary/aromatic N) is 1. The van der Waals surface area contributed by atoms with Crippen LogP contribution in [0.1, 0.15) is 50.6 Å². The highest BCUT2D eigenvalue weighted by atomic mass is 32.2. The third-order valence-corrected chi connectivity index (χ3v) is 6.41. The third kappa shape index (κ3) is 5.74. The molecule has 0 spiro atoms. The molecule has 4 nitrogen and oxygen atoms in total. The second-order valence-corrected chi connectivity index (χ2v) is 8.28. The van der Waals surface area contributed by atoms with Crippen molar-refractivity contribution in [3.8, 4) is 11.1 Å². The smallest absolute Gasteiger partial charge is 0.252 e. The summed E-state index contributed by atoms with van der Waals surface area (Å²) < 4.78 is 42.3. The Hall–Kier alpha value is -1.64. The van der Waals surface area contributed by atoms with Gasteiger partial charge < -0.3 is 4.74 Å². The minimum absolute atomic E-state index is 0.0415. The molecule has 30 heavy (non-hydrogen) atoms. The molecule has 0 saturated heterocycles. The fraction of sp³-hybridized carbons (Fsp3) is 0.500. The number of ether oxygens (including phenoxy) is 1. The maximum Gasteiger partial charge on any atom is 0.252 e. The van der Waals surface area contributed by atoms with E-state index in [0.29, 0.717) is 12.2 Å². The summed E-state index contributed by atoms with van der Waals surface area (Å²) in [5, 5.41) is 0.837. The number of fused-ring (bicyclic) bond motifs is 1. The summed E-state index contributed by atoms with van der Waals surface area (Å²) in [5.74, 6) is -0.994. The Kier molecular flexibility index (Phi) is 10.1. The van der Waals surface area contributed by atoms with Gasteiger partial charge in [0.2, 0.25) is 0 Å². The summed E-state index contributed by atoms with van der Waals surface area (Å²) in [5.41, 5.74) is 2.36. The van der Waals surface area contributed by atoms with Gasteiger partial charge in [0.25, 0.3) is 5.56 Å². The molecule has 1 aliphatic heterocycles. The minimum atomic E-state index is -0.868. The van der Waals surface area contributed by atoms with Crippen LogP contribution in [-0.2, 0) is 23.7 Å². The first-order valence-electron chi connectivity index (χ1n) is 10.1.